The molecule has 2 aliphatic rings. The second-order valence-corrected chi connectivity index (χ2v) is 14.3. The van der Waals surface area contributed by atoms with Crippen LogP contribution in [-0.4, -0.2) is 46.3 Å². The number of carbonyl (C=O) groups excluding carboxylic acids is 1. The smallest absolute Gasteiger partial charge is 0.369 e. The van der Waals surface area contributed by atoms with E-state index in [4.69, 9.17) is 10.5 Å². The Morgan fingerprint density at radius 1 is 1.23 bits per heavy atom. The van der Waals surface area contributed by atoms with Crippen molar-refractivity contribution in [1.29, 1.82) is 0 Å². The molecule has 2 unspecified atom stereocenters. The van der Waals surface area contributed by atoms with Crippen molar-refractivity contribution in [2.75, 3.05) is 6.54 Å². The number of rotatable bonds is 10. The number of primary amides is 1. The number of nitrogens with zero attached hydrogens (tertiary/aromatic N) is 4. The van der Waals surface area contributed by atoms with Gasteiger partial charge in [-0.3, -0.25) is 9.48 Å². The van der Waals surface area contributed by atoms with Gasteiger partial charge in [-0.25, -0.2) is 8.42 Å². The molecule has 9 nitrogen and oxygen atoms in total. The Kier molecular flexibility index (Phi) is 9.82. The van der Waals surface area contributed by atoms with E-state index in [9.17, 15) is 26.4 Å². The number of hydrogen-bond acceptors (Lipinski definition) is 6. The average Bonchev–Trinajstić information content (AvgIpc) is 3.36. The fraction of sp³-hybridized carbons (Fsp3) is 0.581. The summed E-state index contributed by atoms with van der Waals surface area (Å²) in [6, 6.07) is 5.43. The third-order valence-corrected chi connectivity index (χ3v) is 11.1. The highest BCUT2D eigenvalue weighted by Gasteiger charge is 2.49. The maximum atomic E-state index is 14.1. The standard InChI is InChI=1S/C31H42F3N5O4S/c1-7-21-13-22-11-12-26(31(32,33)34)20(4)27(22)44(41,42)39(15-21)16-24-14-23(10-9-19(24)3)28(30(5,6)29(35)40)43-18-25-17-38(8-2)37-36-25/h9-12,14,17,20-21,26,28H,7-8,13,15-16,18H2,1-6H3,(H2,35,40)/t20?,21-,26?,28+/m0/s1. The Morgan fingerprint density at radius 3 is 2.52 bits per heavy atom. The Balaban J connectivity index is 1.71. The van der Waals surface area contributed by atoms with Crippen LogP contribution in [0, 0.1) is 30.1 Å². The first-order chi connectivity index (χ1) is 20.5. The molecule has 4 rings (SSSR count). The summed E-state index contributed by atoms with van der Waals surface area (Å²) < 4.78 is 79.1. The summed E-state index contributed by atoms with van der Waals surface area (Å²) in [6.07, 6.45) is -0.120. The minimum Gasteiger partial charge on any atom is -0.369 e. The molecule has 0 saturated carbocycles. The van der Waals surface area contributed by atoms with Crippen molar-refractivity contribution in [3.63, 3.8) is 0 Å². The fourth-order valence-electron chi connectivity index (χ4n) is 6.00. The average molecular weight is 638 g/mol. The van der Waals surface area contributed by atoms with Crippen molar-refractivity contribution in [2.45, 2.75) is 86.4 Å². The third kappa shape index (κ3) is 6.79. The van der Waals surface area contributed by atoms with Crippen LogP contribution in [0.5, 0.6) is 0 Å². The van der Waals surface area contributed by atoms with Crippen LogP contribution >= 0.6 is 0 Å². The van der Waals surface area contributed by atoms with Gasteiger partial charge in [0.2, 0.25) is 15.9 Å². The number of carbonyl (C=O) groups is 1. The molecule has 0 fully saturated rings. The van der Waals surface area contributed by atoms with Gasteiger partial charge in [-0.1, -0.05) is 55.8 Å². The topological polar surface area (TPSA) is 120 Å². The summed E-state index contributed by atoms with van der Waals surface area (Å²) >= 11 is 0. The zero-order chi connectivity index (χ0) is 32.6. The molecule has 1 amide bonds. The molecule has 1 aromatic heterocycles. The molecule has 2 N–H and O–H groups in total. The molecule has 2 heterocycles. The van der Waals surface area contributed by atoms with Crippen molar-refractivity contribution >= 4 is 15.9 Å². The number of sulfonamides is 1. The molecule has 0 bridgehead atoms. The first-order valence-electron chi connectivity index (χ1n) is 14.9. The number of halogens is 3. The van der Waals surface area contributed by atoms with E-state index in [-0.39, 0.29) is 30.5 Å². The van der Waals surface area contributed by atoms with E-state index in [0.29, 0.717) is 41.8 Å². The van der Waals surface area contributed by atoms with Crippen molar-refractivity contribution in [1.82, 2.24) is 19.3 Å². The number of aromatic nitrogens is 3. The zero-order valence-electron chi connectivity index (χ0n) is 26.1. The monoisotopic (exact) mass is 637 g/mol. The van der Waals surface area contributed by atoms with E-state index >= 15 is 0 Å². The van der Waals surface area contributed by atoms with Gasteiger partial charge >= 0.3 is 6.18 Å². The SMILES string of the molecule is CC[C@H]1CC2=C(C(C)C(C(F)(F)F)C=C2)S(=O)(=O)N(Cc2cc([C@@H](OCc3cn(CC)nn3)C(C)(C)C(N)=O)ccc2C)C1. The van der Waals surface area contributed by atoms with Gasteiger partial charge in [-0.15, -0.1) is 5.10 Å². The molecule has 0 saturated heterocycles. The van der Waals surface area contributed by atoms with Crippen LogP contribution in [0.1, 0.15) is 75.9 Å². The highest BCUT2D eigenvalue weighted by Crippen LogP contribution is 2.46. The second-order valence-electron chi connectivity index (χ2n) is 12.4. The molecule has 44 heavy (non-hydrogen) atoms. The molecule has 4 atom stereocenters. The minimum atomic E-state index is -4.57. The van der Waals surface area contributed by atoms with E-state index in [0.717, 1.165) is 11.6 Å². The van der Waals surface area contributed by atoms with Crippen molar-refractivity contribution in [2.24, 2.45) is 28.9 Å². The Bertz CT molecular complexity index is 1550. The van der Waals surface area contributed by atoms with Gasteiger partial charge in [0.15, 0.2) is 0 Å². The van der Waals surface area contributed by atoms with Crippen LogP contribution in [0.25, 0.3) is 0 Å². The van der Waals surface area contributed by atoms with Crippen LogP contribution in [-0.2, 0) is 39.3 Å². The Hall–Kier alpha value is -3.03. The van der Waals surface area contributed by atoms with Gasteiger partial charge in [0.25, 0.3) is 0 Å². The normalized spacial score (nSPS) is 23.3. The first-order valence-corrected chi connectivity index (χ1v) is 16.3. The van der Waals surface area contributed by atoms with Crippen molar-refractivity contribution in [3.8, 4) is 0 Å². The lowest BCUT2D eigenvalue weighted by Crippen LogP contribution is -2.39. The summed E-state index contributed by atoms with van der Waals surface area (Å²) in [6.45, 7) is 11.2. The van der Waals surface area contributed by atoms with Gasteiger partial charge in [0.1, 0.15) is 5.69 Å². The fourth-order valence-corrected chi connectivity index (χ4v) is 8.10. The van der Waals surface area contributed by atoms with Crippen LogP contribution in [0.3, 0.4) is 0 Å². The molecule has 1 aliphatic heterocycles. The zero-order valence-corrected chi connectivity index (χ0v) is 26.9. The molecule has 0 radical (unpaired) electrons. The second kappa shape index (κ2) is 12.8. The molecule has 242 valence electrons. The summed E-state index contributed by atoms with van der Waals surface area (Å²) in [5.41, 5.74) is 7.73. The predicted octanol–water partition coefficient (Wildman–Crippen LogP) is 5.58. The number of hydrogen-bond donors (Lipinski definition) is 1. The highest BCUT2D eigenvalue weighted by molar-refractivity contribution is 7.93. The Morgan fingerprint density at radius 2 is 1.93 bits per heavy atom. The molecule has 2 aromatic rings. The molecule has 1 aliphatic carbocycles. The quantitative estimate of drug-likeness (QED) is 0.364. The highest BCUT2D eigenvalue weighted by atomic mass is 32.2. The molecular formula is C31H42F3N5O4S. The predicted molar refractivity (Wildman–Crippen MR) is 160 cm³/mol. The van der Waals surface area contributed by atoms with Crippen LogP contribution < -0.4 is 5.73 Å². The van der Waals surface area contributed by atoms with Gasteiger partial charge in [0, 0.05) is 25.6 Å². The lowest BCUT2D eigenvalue weighted by Gasteiger charge is -2.33. The number of aryl methyl sites for hydroxylation is 2. The largest absolute Gasteiger partial charge is 0.395 e. The molecular weight excluding hydrogens is 595 g/mol. The van der Waals surface area contributed by atoms with Crippen LogP contribution in [0.4, 0.5) is 13.2 Å². The third-order valence-electron chi connectivity index (χ3n) is 8.94. The number of alkyl halides is 3. The maximum Gasteiger partial charge on any atom is 0.395 e. The van der Waals surface area contributed by atoms with E-state index in [2.05, 4.69) is 10.3 Å². The van der Waals surface area contributed by atoms with E-state index in [1.54, 1.807) is 30.8 Å². The number of allylic oxidation sites excluding steroid dienone is 4. The van der Waals surface area contributed by atoms with E-state index < -0.39 is 45.5 Å². The van der Waals surface area contributed by atoms with Gasteiger partial charge in [-0.05, 0) is 62.3 Å². The molecule has 13 heteroatoms. The van der Waals surface area contributed by atoms with Gasteiger partial charge in [-0.2, -0.15) is 17.5 Å². The van der Waals surface area contributed by atoms with Crippen LogP contribution in [0.2, 0.25) is 0 Å². The van der Waals surface area contributed by atoms with E-state index in [1.165, 1.54) is 17.3 Å². The van der Waals surface area contributed by atoms with Crippen molar-refractivity contribution in [3.05, 3.63) is 69.4 Å². The first kappa shape index (κ1) is 33.9. The number of benzene rings is 1. The molecule has 0 spiro atoms. The summed E-state index contributed by atoms with van der Waals surface area (Å²) in [5, 5.41) is 8.13. The number of ether oxygens (including phenoxy) is 1. The van der Waals surface area contributed by atoms with E-state index in [1.807, 2.05) is 32.9 Å². The minimum absolute atomic E-state index is 0.0447. The number of amides is 1. The van der Waals surface area contributed by atoms with Crippen molar-refractivity contribution < 1.29 is 31.1 Å². The summed E-state index contributed by atoms with van der Waals surface area (Å²) in [7, 11) is -4.24. The molecule has 1 aromatic carbocycles. The Labute approximate surface area is 257 Å². The lowest BCUT2D eigenvalue weighted by molar-refractivity contribution is -0.169. The summed E-state index contributed by atoms with van der Waals surface area (Å²) in [5.74, 6) is -3.78. The van der Waals surface area contributed by atoms with Gasteiger partial charge < -0.3 is 10.5 Å². The lowest BCUT2D eigenvalue weighted by atomic mass is 9.81. The maximum absolute atomic E-state index is 14.1. The number of nitrogens with two attached hydrogens (primary N) is 1. The van der Waals surface area contributed by atoms with Crippen LogP contribution in [0.15, 0.2) is 47.0 Å². The summed E-state index contributed by atoms with van der Waals surface area (Å²) in [4.78, 5) is 12.4. The van der Waals surface area contributed by atoms with Gasteiger partial charge in [0.05, 0.1) is 35.1 Å².